The predicted molar refractivity (Wildman–Crippen MR) is 71.4 cm³/mol. The minimum Gasteiger partial charge on any atom is -0.378 e. The summed E-state index contributed by atoms with van der Waals surface area (Å²) in [6, 6.07) is 7.94. The molecule has 0 saturated carbocycles. The Morgan fingerprint density at radius 2 is 2.28 bits per heavy atom. The van der Waals surface area contributed by atoms with Crippen LogP contribution in [0, 0.1) is 5.92 Å². The molecule has 0 aliphatic carbocycles. The topological polar surface area (TPSA) is 38.3 Å². The summed E-state index contributed by atoms with van der Waals surface area (Å²) in [7, 11) is 0. The Morgan fingerprint density at radius 1 is 1.50 bits per heavy atom. The molecule has 1 fully saturated rings. The Kier molecular flexibility index (Phi) is 4.61. The Balaban J connectivity index is 1.88. The molecule has 2 rings (SSSR count). The molecule has 1 aliphatic rings. The molecular weight excluding hydrogens is 250 g/mol. The van der Waals surface area contributed by atoms with Crippen LogP contribution in [0.25, 0.3) is 0 Å². The zero-order chi connectivity index (χ0) is 13.0. The molecule has 0 radical (unpaired) electrons. The maximum absolute atomic E-state index is 12.0. The Morgan fingerprint density at radius 3 is 2.94 bits per heavy atom. The molecule has 0 spiro atoms. The van der Waals surface area contributed by atoms with Crippen LogP contribution in [-0.2, 0) is 22.0 Å². The minimum atomic E-state index is -0.0128. The Bertz CT molecular complexity index is 422. The maximum atomic E-state index is 12.0. The third-order valence-corrected chi connectivity index (χ3v) is 3.63. The van der Waals surface area contributed by atoms with Gasteiger partial charge in [0.05, 0.1) is 12.0 Å². The molecule has 3 nitrogen and oxygen atoms in total. The first-order valence-electron chi connectivity index (χ1n) is 6.24. The summed E-state index contributed by atoms with van der Waals surface area (Å²) in [6.07, 6.45) is 0.841. The van der Waals surface area contributed by atoms with Crippen molar-refractivity contribution in [3.63, 3.8) is 0 Å². The lowest BCUT2D eigenvalue weighted by Gasteiger charge is -2.14. The lowest BCUT2D eigenvalue weighted by molar-refractivity contribution is -0.126. The molecular formula is C14H18ClNO2. The molecule has 1 saturated heterocycles. The minimum absolute atomic E-state index is 0.0128. The van der Waals surface area contributed by atoms with Crippen molar-refractivity contribution in [3.05, 3.63) is 35.4 Å². The van der Waals surface area contributed by atoms with Gasteiger partial charge in [-0.3, -0.25) is 4.79 Å². The summed E-state index contributed by atoms with van der Waals surface area (Å²) in [4.78, 5) is 12.0. The standard InChI is InChI=1S/C14H18ClNO2/c1-10-13(5-6-18-10)14(17)16-9-12-4-2-3-11(7-12)8-15/h2-4,7,10,13H,5-6,8-9H2,1H3,(H,16,17). The van der Waals surface area contributed by atoms with Gasteiger partial charge in [-0.2, -0.15) is 0 Å². The van der Waals surface area contributed by atoms with E-state index in [1.54, 1.807) is 0 Å². The second-order valence-electron chi connectivity index (χ2n) is 4.64. The van der Waals surface area contributed by atoms with Crippen LogP contribution < -0.4 is 5.32 Å². The number of alkyl halides is 1. The average Bonchev–Trinajstić information content (AvgIpc) is 2.82. The van der Waals surface area contributed by atoms with E-state index in [-0.39, 0.29) is 17.9 Å². The fraction of sp³-hybridized carbons (Fsp3) is 0.500. The van der Waals surface area contributed by atoms with E-state index in [4.69, 9.17) is 16.3 Å². The van der Waals surface area contributed by atoms with E-state index >= 15 is 0 Å². The number of ether oxygens (including phenoxy) is 1. The van der Waals surface area contributed by atoms with Gasteiger partial charge in [-0.25, -0.2) is 0 Å². The van der Waals surface area contributed by atoms with E-state index in [0.717, 1.165) is 17.5 Å². The zero-order valence-corrected chi connectivity index (χ0v) is 11.2. The van der Waals surface area contributed by atoms with Crippen molar-refractivity contribution >= 4 is 17.5 Å². The molecule has 1 amide bonds. The van der Waals surface area contributed by atoms with E-state index in [1.807, 2.05) is 31.2 Å². The quantitative estimate of drug-likeness (QED) is 0.851. The smallest absolute Gasteiger partial charge is 0.226 e. The highest BCUT2D eigenvalue weighted by Gasteiger charge is 2.30. The van der Waals surface area contributed by atoms with E-state index in [2.05, 4.69) is 5.32 Å². The maximum Gasteiger partial charge on any atom is 0.226 e. The molecule has 2 atom stereocenters. The van der Waals surface area contributed by atoms with Crippen LogP contribution in [0.1, 0.15) is 24.5 Å². The largest absolute Gasteiger partial charge is 0.378 e. The summed E-state index contributed by atoms with van der Waals surface area (Å²) in [5.41, 5.74) is 2.15. The lowest BCUT2D eigenvalue weighted by Crippen LogP contribution is -2.33. The van der Waals surface area contributed by atoms with Gasteiger partial charge in [0.25, 0.3) is 0 Å². The van der Waals surface area contributed by atoms with E-state index in [0.29, 0.717) is 19.0 Å². The zero-order valence-electron chi connectivity index (χ0n) is 10.5. The van der Waals surface area contributed by atoms with Gasteiger partial charge in [-0.05, 0) is 24.5 Å². The first kappa shape index (κ1) is 13.4. The number of carbonyl (C=O) groups excluding carboxylic acids is 1. The third-order valence-electron chi connectivity index (χ3n) is 3.33. The predicted octanol–water partition coefficient (Wildman–Crippen LogP) is 2.47. The second-order valence-corrected chi connectivity index (χ2v) is 4.91. The van der Waals surface area contributed by atoms with Gasteiger partial charge in [0, 0.05) is 19.0 Å². The highest BCUT2D eigenvalue weighted by Crippen LogP contribution is 2.20. The van der Waals surface area contributed by atoms with Gasteiger partial charge in [0.15, 0.2) is 0 Å². The number of halogens is 1. The van der Waals surface area contributed by atoms with Crippen molar-refractivity contribution in [3.8, 4) is 0 Å². The van der Waals surface area contributed by atoms with Crippen molar-refractivity contribution in [2.45, 2.75) is 31.9 Å². The average molecular weight is 268 g/mol. The van der Waals surface area contributed by atoms with Crippen LogP contribution in [0.4, 0.5) is 0 Å². The highest BCUT2D eigenvalue weighted by atomic mass is 35.5. The van der Waals surface area contributed by atoms with Crippen LogP contribution in [0.3, 0.4) is 0 Å². The molecule has 4 heteroatoms. The third kappa shape index (κ3) is 3.24. The molecule has 1 aliphatic heterocycles. The van der Waals surface area contributed by atoms with Crippen LogP contribution in [-0.4, -0.2) is 18.6 Å². The molecule has 0 bridgehead atoms. The Labute approximate surface area is 112 Å². The molecule has 1 aromatic carbocycles. The molecule has 0 aromatic heterocycles. The molecule has 2 unspecified atom stereocenters. The summed E-state index contributed by atoms with van der Waals surface area (Å²) < 4.78 is 5.40. The summed E-state index contributed by atoms with van der Waals surface area (Å²) in [6.45, 7) is 3.18. The van der Waals surface area contributed by atoms with Gasteiger partial charge < -0.3 is 10.1 Å². The van der Waals surface area contributed by atoms with Gasteiger partial charge in [0.2, 0.25) is 5.91 Å². The summed E-state index contributed by atoms with van der Waals surface area (Å²) in [5.74, 6) is 0.562. The molecule has 18 heavy (non-hydrogen) atoms. The molecule has 1 aromatic rings. The van der Waals surface area contributed by atoms with Crippen molar-refractivity contribution in [2.75, 3.05) is 6.61 Å². The number of carbonyl (C=O) groups is 1. The first-order valence-corrected chi connectivity index (χ1v) is 6.77. The number of nitrogens with one attached hydrogen (secondary N) is 1. The fourth-order valence-electron chi connectivity index (χ4n) is 2.22. The van der Waals surface area contributed by atoms with Gasteiger partial charge >= 0.3 is 0 Å². The van der Waals surface area contributed by atoms with Crippen LogP contribution in [0.2, 0.25) is 0 Å². The van der Waals surface area contributed by atoms with Crippen LogP contribution in [0.5, 0.6) is 0 Å². The number of benzene rings is 1. The van der Waals surface area contributed by atoms with Crippen LogP contribution >= 0.6 is 11.6 Å². The van der Waals surface area contributed by atoms with Crippen molar-refractivity contribution < 1.29 is 9.53 Å². The molecule has 1 N–H and O–H groups in total. The summed E-state index contributed by atoms with van der Waals surface area (Å²) >= 11 is 5.78. The van der Waals surface area contributed by atoms with E-state index in [1.165, 1.54) is 0 Å². The number of rotatable bonds is 4. The lowest BCUT2D eigenvalue weighted by atomic mass is 10.0. The molecule has 1 heterocycles. The first-order chi connectivity index (χ1) is 8.70. The number of hydrogen-bond donors (Lipinski definition) is 1. The van der Waals surface area contributed by atoms with E-state index < -0.39 is 0 Å². The molecule has 98 valence electrons. The monoisotopic (exact) mass is 267 g/mol. The highest BCUT2D eigenvalue weighted by molar-refractivity contribution is 6.17. The second kappa shape index (κ2) is 6.21. The SMILES string of the molecule is CC1OCCC1C(=O)NCc1cccc(CCl)c1. The Hall–Kier alpha value is -1.06. The number of amides is 1. The van der Waals surface area contributed by atoms with Crippen LogP contribution in [0.15, 0.2) is 24.3 Å². The van der Waals surface area contributed by atoms with Gasteiger partial charge in [-0.15, -0.1) is 11.6 Å². The van der Waals surface area contributed by atoms with Gasteiger partial charge in [0.1, 0.15) is 0 Å². The van der Waals surface area contributed by atoms with E-state index in [9.17, 15) is 4.79 Å². The summed E-state index contributed by atoms with van der Waals surface area (Å²) in [5, 5.41) is 2.96. The van der Waals surface area contributed by atoms with Gasteiger partial charge in [-0.1, -0.05) is 24.3 Å². The normalized spacial score (nSPS) is 23.0. The van der Waals surface area contributed by atoms with Crippen molar-refractivity contribution in [1.82, 2.24) is 5.32 Å². The van der Waals surface area contributed by atoms with Crippen molar-refractivity contribution in [2.24, 2.45) is 5.92 Å². The van der Waals surface area contributed by atoms with Crippen molar-refractivity contribution in [1.29, 1.82) is 0 Å². The fourth-order valence-corrected chi connectivity index (χ4v) is 2.39. The number of hydrogen-bond acceptors (Lipinski definition) is 2.